The zero-order valence-corrected chi connectivity index (χ0v) is 12.2. The normalized spacial score (nSPS) is 22.0. The number of carbonyl (C=O) groups excluding carboxylic acids is 2. The Hall–Kier alpha value is -2.04. The maximum atomic E-state index is 12.3. The molecule has 1 atom stereocenters. The highest BCUT2D eigenvalue weighted by atomic mass is 16.5. The summed E-state index contributed by atoms with van der Waals surface area (Å²) in [4.78, 5) is 26.2. The van der Waals surface area contributed by atoms with Crippen molar-refractivity contribution in [2.45, 2.75) is 31.7 Å². The number of nitrogens with one attached hydrogen (secondary N) is 1. The van der Waals surface area contributed by atoms with E-state index >= 15 is 0 Å². The minimum atomic E-state index is -0.246. The van der Waals surface area contributed by atoms with Crippen LogP contribution in [0.3, 0.4) is 0 Å². The summed E-state index contributed by atoms with van der Waals surface area (Å²) in [5.41, 5.74) is 0.703. The molecule has 1 saturated heterocycles. The number of hydrogen-bond acceptors (Lipinski definition) is 3. The number of likely N-dealkylation sites (tertiary alicyclic amines) is 1. The van der Waals surface area contributed by atoms with Gasteiger partial charge in [-0.2, -0.15) is 0 Å². The van der Waals surface area contributed by atoms with Crippen molar-refractivity contribution in [2.75, 3.05) is 19.0 Å². The highest BCUT2D eigenvalue weighted by Gasteiger charge is 2.39. The van der Waals surface area contributed by atoms with E-state index in [1.165, 1.54) is 6.42 Å². The standard InChI is InChI=1S/C16H20N2O3/c1-21-14-7-2-4-12(9-14)17-16(20)11-8-15(19)18(10-11)13-5-3-6-13/h2,4,7,9,11,13H,3,5-6,8,10H2,1H3,(H,17,20). The van der Waals surface area contributed by atoms with E-state index in [0.29, 0.717) is 30.4 Å². The summed E-state index contributed by atoms with van der Waals surface area (Å²) in [5.74, 6) is 0.486. The number of carbonyl (C=O) groups is 2. The first-order chi connectivity index (χ1) is 10.2. The van der Waals surface area contributed by atoms with Crippen LogP contribution in [0.2, 0.25) is 0 Å². The molecule has 112 valence electrons. The number of rotatable bonds is 4. The van der Waals surface area contributed by atoms with Crippen LogP contribution in [-0.2, 0) is 9.59 Å². The third kappa shape index (κ3) is 2.86. The summed E-state index contributed by atoms with van der Waals surface area (Å²) in [6.07, 6.45) is 3.67. The average Bonchev–Trinajstić information content (AvgIpc) is 2.79. The zero-order chi connectivity index (χ0) is 14.8. The van der Waals surface area contributed by atoms with Crippen LogP contribution in [0.5, 0.6) is 5.75 Å². The number of ether oxygens (including phenoxy) is 1. The predicted molar refractivity (Wildman–Crippen MR) is 79.1 cm³/mol. The smallest absolute Gasteiger partial charge is 0.229 e. The summed E-state index contributed by atoms with van der Waals surface area (Å²) < 4.78 is 5.14. The maximum absolute atomic E-state index is 12.3. The Morgan fingerprint density at radius 1 is 1.38 bits per heavy atom. The van der Waals surface area contributed by atoms with Crippen molar-refractivity contribution in [2.24, 2.45) is 5.92 Å². The van der Waals surface area contributed by atoms with Gasteiger partial charge in [0.15, 0.2) is 0 Å². The second kappa shape index (κ2) is 5.76. The van der Waals surface area contributed by atoms with Gasteiger partial charge in [-0.25, -0.2) is 0 Å². The summed E-state index contributed by atoms with van der Waals surface area (Å²) in [5, 5.41) is 2.88. The molecular formula is C16H20N2O3. The quantitative estimate of drug-likeness (QED) is 0.922. The minimum absolute atomic E-state index is 0.0848. The highest BCUT2D eigenvalue weighted by Crippen LogP contribution is 2.31. The Kier molecular flexibility index (Phi) is 3.82. The van der Waals surface area contributed by atoms with Gasteiger partial charge in [-0.05, 0) is 31.4 Å². The topological polar surface area (TPSA) is 58.6 Å². The highest BCUT2D eigenvalue weighted by molar-refractivity contribution is 5.97. The van der Waals surface area contributed by atoms with Gasteiger partial charge < -0.3 is 15.0 Å². The van der Waals surface area contributed by atoms with Gasteiger partial charge in [0.1, 0.15) is 5.75 Å². The van der Waals surface area contributed by atoms with Crippen LogP contribution in [0.15, 0.2) is 24.3 Å². The molecule has 0 aromatic heterocycles. The third-order valence-corrected chi connectivity index (χ3v) is 4.38. The van der Waals surface area contributed by atoms with Crippen LogP contribution in [0.4, 0.5) is 5.69 Å². The summed E-state index contributed by atoms with van der Waals surface area (Å²) in [7, 11) is 1.59. The van der Waals surface area contributed by atoms with E-state index in [0.717, 1.165) is 12.8 Å². The van der Waals surface area contributed by atoms with Gasteiger partial charge in [0, 0.05) is 30.8 Å². The van der Waals surface area contributed by atoms with Crippen LogP contribution in [0.25, 0.3) is 0 Å². The molecule has 1 aliphatic heterocycles. The molecule has 2 aliphatic rings. The van der Waals surface area contributed by atoms with Crippen molar-refractivity contribution < 1.29 is 14.3 Å². The number of benzene rings is 1. The van der Waals surface area contributed by atoms with Gasteiger partial charge in [-0.1, -0.05) is 6.07 Å². The second-order valence-corrected chi connectivity index (χ2v) is 5.75. The number of amides is 2. The molecule has 0 spiro atoms. The molecule has 2 fully saturated rings. The number of methoxy groups -OCH3 is 1. The molecule has 2 amide bonds. The maximum Gasteiger partial charge on any atom is 0.229 e. The monoisotopic (exact) mass is 288 g/mol. The molecule has 1 heterocycles. The predicted octanol–water partition coefficient (Wildman–Crippen LogP) is 2.03. The molecule has 1 aliphatic carbocycles. The van der Waals surface area contributed by atoms with Gasteiger partial charge in [0.25, 0.3) is 0 Å². The molecule has 1 unspecified atom stereocenters. The molecule has 3 rings (SSSR count). The lowest BCUT2D eigenvalue weighted by Gasteiger charge is -2.34. The van der Waals surface area contributed by atoms with Gasteiger partial charge in [-0.15, -0.1) is 0 Å². The molecule has 0 bridgehead atoms. The van der Waals surface area contributed by atoms with Crippen molar-refractivity contribution in [3.05, 3.63) is 24.3 Å². The fourth-order valence-electron chi connectivity index (χ4n) is 2.90. The van der Waals surface area contributed by atoms with E-state index in [1.807, 2.05) is 23.1 Å². The first kappa shape index (κ1) is 13.9. The Morgan fingerprint density at radius 2 is 2.19 bits per heavy atom. The fraction of sp³-hybridized carbons (Fsp3) is 0.500. The molecular weight excluding hydrogens is 268 g/mol. The van der Waals surface area contributed by atoms with E-state index < -0.39 is 0 Å². The Labute approximate surface area is 124 Å². The number of nitrogens with zero attached hydrogens (tertiary/aromatic N) is 1. The SMILES string of the molecule is COc1cccc(NC(=O)C2CC(=O)N(C3CCC3)C2)c1. The van der Waals surface area contributed by atoms with E-state index in [9.17, 15) is 9.59 Å². The van der Waals surface area contributed by atoms with E-state index in [4.69, 9.17) is 4.74 Å². The van der Waals surface area contributed by atoms with Crippen molar-refractivity contribution >= 4 is 17.5 Å². The lowest BCUT2D eigenvalue weighted by Crippen LogP contribution is -2.41. The van der Waals surface area contributed by atoms with Crippen LogP contribution < -0.4 is 10.1 Å². The molecule has 5 heteroatoms. The molecule has 0 radical (unpaired) electrons. The molecule has 5 nitrogen and oxygen atoms in total. The largest absolute Gasteiger partial charge is 0.497 e. The lowest BCUT2D eigenvalue weighted by atomic mass is 9.92. The van der Waals surface area contributed by atoms with Crippen LogP contribution in [0.1, 0.15) is 25.7 Å². The lowest BCUT2D eigenvalue weighted by molar-refractivity contribution is -0.131. The molecule has 1 saturated carbocycles. The summed E-state index contributed by atoms with van der Waals surface area (Å²) in [6.45, 7) is 0.555. The average molecular weight is 288 g/mol. The van der Waals surface area contributed by atoms with Gasteiger partial charge in [0.2, 0.25) is 11.8 Å². The zero-order valence-electron chi connectivity index (χ0n) is 12.2. The van der Waals surface area contributed by atoms with Crippen molar-refractivity contribution in [1.29, 1.82) is 0 Å². The third-order valence-electron chi connectivity index (χ3n) is 4.38. The number of hydrogen-bond donors (Lipinski definition) is 1. The van der Waals surface area contributed by atoms with Crippen molar-refractivity contribution in [3.63, 3.8) is 0 Å². The second-order valence-electron chi connectivity index (χ2n) is 5.75. The Balaban J connectivity index is 1.61. The van der Waals surface area contributed by atoms with E-state index in [1.54, 1.807) is 13.2 Å². The minimum Gasteiger partial charge on any atom is -0.497 e. The summed E-state index contributed by atoms with van der Waals surface area (Å²) >= 11 is 0. The first-order valence-electron chi connectivity index (χ1n) is 7.42. The van der Waals surface area contributed by atoms with Crippen LogP contribution in [0, 0.1) is 5.92 Å². The Bertz CT molecular complexity index is 554. The molecule has 1 aromatic carbocycles. The van der Waals surface area contributed by atoms with Gasteiger partial charge in [-0.3, -0.25) is 9.59 Å². The van der Waals surface area contributed by atoms with E-state index in [2.05, 4.69) is 5.32 Å². The first-order valence-corrected chi connectivity index (χ1v) is 7.42. The molecule has 21 heavy (non-hydrogen) atoms. The van der Waals surface area contributed by atoms with Gasteiger partial charge in [0.05, 0.1) is 13.0 Å². The van der Waals surface area contributed by atoms with Crippen molar-refractivity contribution in [1.82, 2.24) is 4.90 Å². The van der Waals surface area contributed by atoms with E-state index in [-0.39, 0.29) is 17.7 Å². The Morgan fingerprint density at radius 3 is 2.86 bits per heavy atom. The van der Waals surface area contributed by atoms with Crippen molar-refractivity contribution in [3.8, 4) is 5.75 Å². The molecule has 1 N–H and O–H groups in total. The number of anilines is 1. The van der Waals surface area contributed by atoms with Crippen LogP contribution >= 0.6 is 0 Å². The van der Waals surface area contributed by atoms with Crippen LogP contribution in [-0.4, -0.2) is 36.4 Å². The summed E-state index contributed by atoms with van der Waals surface area (Å²) in [6, 6.07) is 7.62. The molecule has 1 aromatic rings. The fourth-order valence-corrected chi connectivity index (χ4v) is 2.90. The van der Waals surface area contributed by atoms with Gasteiger partial charge >= 0.3 is 0 Å².